The van der Waals surface area contributed by atoms with Crippen LogP contribution in [0.3, 0.4) is 0 Å². The zero-order valence-electron chi connectivity index (χ0n) is 14.8. The maximum absolute atomic E-state index is 12.0. The molecule has 1 heterocycles. The highest BCUT2D eigenvalue weighted by atomic mass is 16.5. The summed E-state index contributed by atoms with van der Waals surface area (Å²) >= 11 is 0. The molecule has 132 valence electrons. The molecule has 1 atom stereocenters. The summed E-state index contributed by atoms with van der Waals surface area (Å²) < 4.78 is 5.41. The van der Waals surface area contributed by atoms with Gasteiger partial charge in [-0.05, 0) is 35.2 Å². The van der Waals surface area contributed by atoms with Gasteiger partial charge in [-0.1, -0.05) is 43.3 Å². The second-order valence-electron chi connectivity index (χ2n) is 6.44. The van der Waals surface area contributed by atoms with E-state index in [4.69, 9.17) is 10.5 Å². The number of rotatable bonds is 6. The molecule has 1 aliphatic rings. The largest absolute Gasteiger partial charge is 0.378 e. The minimum absolute atomic E-state index is 0.0788. The molecule has 0 aliphatic carbocycles. The van der Waals surface area contributed by atoms with E-state index in [1.54, 1.807) is 0 Å². The van der Waals surface area contributed by atoms with Crippen molar-refractivity contribution in [2.24, 2.45) is 5.73 Å². The molecular weight excluding hydrogens is 312 g/mol. The Hall–Kier alpha value is -2.17. The van der Waals surface area contributed by atoms with Crippen molar-refractivity contribution in [3.63, 3.8) is 0 Å². The Labute approximate surface area is 149 Å². The minimum atomic E-state index is -0.533. The number of hydrogen-bond acceptors (Lipinski definition) is 4. The smallest absolute Gasteiger partial charge is 0.153 e. The van der Waals surface area contributed by atoms with Crippen LogP contribution in [-0.2, 0) is 16.0 Å². The molecule has 0 aromatic heterocycles. The average molecular weight is 338 g/mol. The van der Waals surface area contributed by atoms with Crippen LogP contribution in [0, 0.1) is 0 Å². The predicted molar refractivity (Wildman–Crippen MR) is 101 cm³/mol. The normalized spacial score (nSPS) is 15.8. The summed E-state index contributed by atoms with van der Waals surface area (Å²) in [5, 5.41) is 0. The summed E-state index contributed by atoms with van der Waals surface area (Å²) in [6.45, 7) is 5.32. The maximum Gasteiger partial charge on any atom is 0.153 e. The van der Waals surface area contributed by atoms with Gasteiger partial charge in [0.2, 0.25) is 0 Å². The molecular formula is C21H26N2O2. The van der Waals surface area contributed by atoms with E-state index < -0.39 is 6.04 Å². The van der Waals surface area contributed by atoms with Crippen molar-refractivity contribution in [2.45, 2.75) is 25.8 Å². The summed E-state index contributed by atoms with van der Waals surface area (Å²) in [4.78, 5) is 14.3. The third-order valence-electron chi connectivity index (χ3n) is 4.79. The van der Waals surface area contributed by atoms with Gasteiger partial charge in [-0.25, -0.2) is 0 Å². The lowest BCUT2D eigenvalue weighted by Gasteiger charge is -2.29. The number of ether oxygens (including phenoxy) is 1. The highest BCUT2D eigenvalue weighted by Gasteiger charge is 2.17. The van der Waals surface area contributed by atoms with Gasteiger partial charge >= 0.3 is 0 Å². The van der Waals surface area contributed by atoms with Crippen molar-refractivity contribution >= 4 is 11.5 Å². The number of hydrogen-bond donors (Lipinski definition) is 1. The third-order valence-corrected chi connectivity index (χ3v) is 4.79. The predicted octanol–water partition coefficient (Wildman–Crippen LogP) is 3.09. The fourth-order valence-corrected chi connectivity index (χ4v) is 3.26. The topological polar surface area (TPSA) is 55.6 Å². The van der Waals surface area contributed by atoms with Crippen LogP contribution in [0.25, 0.3) is 0 Å². The van der Waals surface area contributed by atoms with Crippen LogP contribution in [0.5, 0.6) is 0 Å². The first-order valence-corrected chi connectivity index (χ1v) is 8.96. The second kappa shape index (κ2) is 8.28. The van der Waals surface area contributed by atoms with Crippen LogP contribution >= 0.6 is 0 Å². The van der Waals surface area contributed by atoms with Gasteiger partial charge in [-0.15, -0.1) is 0 Å². The van der Waals surface area contributed by atoms with Crippen molar-refractivity contribution in [3.8, 4) is 0 Å². The lowest BCUT2D eigenvalue weighted by molar-refractivity contribution is -0.120. The molecule has 0 saturated carbocycles. The second-order valence-corrected chi connectivity index (χ2v) is 6.44. The molecule has 1 aliphatic heterocycles. The highest BCUT2D eigenvalue weighted by molar-refractivity contribution is 5.85. The van der Waals surface area contributed by atoms with Crippen molar-refractivity contribution in [1.29, 1.82) is 0 Å². The lowest BCUT2D eigenvalue weighted by atomic mass is 9.93. The summed E-state index contributed by atoms with van der Waals surface area (Å²) in [6, 6.07) is 16.1. The van der Waals surface area contributed by atoms with E-state index in [9.17, 15) is 4.79 Å². The molecule has 2 N–H and O–H groups in total. The molecule has 4 nitrogen and oxygen atoms in total. The van der Waals surface area contributed by atoms with Gasteiger partial charge in [0.05, 0.1) is 19.3 Å². The number of Topliss-reactive ketones (excluding diaryl/α,β-unsaturated/α-hetero) is 1. The average Bonchev–Trinajstić information content (AvgIpc) is 2.68. The Morgan fingerprint density at radius 2 is 1.80 bits per heavy atom. The number of ketones is 1. The number of anilines is 1. The lowest BCUT2D eigenvalue weighted by Crippen LogP contribution is -2.36. The Kier molecular flexibility index (Phi) is 5.84. The van der Waals surface area contributed by atoms with E-state index >= 15 is 0 Å². The van der Waals surface area contributed by atoms with Crippen molar-refractivity contribution in [1.82, 2.24) is 0 Å². The molecule has 1 fully saturated rings. The first kappa shape index (κ1) is 17.6. The molecule has 0 amide bonds. The summed E-state index contributed by atoms with van der Waals surface area (Å²) in [7, 11) is 0. The van der Waals surface area contributed by atoms with Gasteiger partial charge in [-0.2, -0.15) is 0 Å². The molecule has 0 bridgehead atoms. The van der Waals surface area contributed by atoms with Gasteiger partial charge in [0, 0.05) is 25.2 Å². The van der Waals surface area contributed by atoms with Crippen LogP contribution in [0.1, 0.15) is 36.1 Å². The van der Waals surface area contributed by atoms with E-state index in [0.717, 1.165) is 43.9 Å². The molecule has 2 aromatic carbocycles. The Balaban J connectivity index is 1.75. The number of carbonyl (C=O) groups is 1. The van der Waals surface area contributed by atoms with E-state index in [1.165, 1.54) is 11.3 Å². The molecule has 1 unspecified atom stereocenters. The number of carbonyl (C=O) groups excluding carboxylic acids is 1. The van der Waals surface area contributed by atoms with Gasteiger partial charge in [-0.3, -0.25) is 4.79 Å². The maximum atomic E-state index is 12.0. The standard InChI is InChI=1S/C21H26N2O2/c1-2-20(24)21(22)19-6-4-3-5-17(19)15-16-7-9-18(10-8-16)23-11-13-25-14-12-23/h3-10,21H,2,11-15,22H2,1H3. The molecule has 2 aromatic rings. The third kappa shape index (κ3) is 4.27. The highest BCUT2D eigenvalue weighted by Crippen LogP contribution is 2.23. The van der Waals surface area contributed by atoms with Gasteiger partial charge in [0.1, 0.15) is 0 Å². The van der Waals surface area contributed by atoms with E-state index in [0.29, 0.717) is 6.42 Å². The zero-order chi connectivity index (χ0) is 17.6. The molecule has 25 heavy (non-hydrogen) atoms. The van der Waals surface area contributed by atoms with Crippen LogP contribution in [0.2, 0.25) is 0 Å². The van der Waals surface area contributed by atoms with Gasteiger partial charge in [0.15, 0.2) is 5.78 Å². The van der Waals surface area contributed by atoms with Crippen molar-refractivity contribution in [2.75, 3.05) is 31.2 Å². The fraction of sp³-hybridized carbons (Fsp3) is 0.381. The van der Waals surface area contributed by atoms with Crippen LogP contribution in [-0.4, -0.2) is 32.1 Å². The minimum Gasteiger partial charge on any atom is -0.378 e. The first-order chi connectivity index (χ1) is 12.2. The van der Waals surface area contributed by atoms with Gasteiger partial charge < -0.3 is 15.4 Å². The number of nitrogens with zero attached hydrogens (tertiary/aromatic N) is 1. The number of morpholine rings is 1. The molecule has 0 spiro atoms. The van der Waals surface area contributed by atoms with Gasteiger partial charge in [0.25, 0.3) is 0 Å². The summed E-state index contributed by atoms with van der Waals surface area (Å²) in [5.74, 6) is 0.0788. The Bertz CT molecular complexity index is 706. The Morgan fingerprint density at radius 1 is 1.12 bits per heavy atom. The summed E-state index contributed by atoms with van der Waals surface area (Å²) in [6.07, 6.45) is 1.24. The monoisotopic (exact) mass is 338 g/mol. The quantitative estimate of drug-likeness (QED) is 0.879. The number of benzene rings is 2. The molecule has 4 heteroatoms. The van der Waals surface area contributed by atoms with Crippen LogP contribution < -0.4 is 10.6 Å². The van der Waals surface area contributed by atoms with E-state index in [1.807, 2.05) is 25.1 Å². The fourth-order valence-electron chi connectivity index (χ4n) is 3.26. The van der Waals surface area contributed by atoms with E-state index in [2.05, 4.69) is 35.2 Å². The number of nitrogens with two attached hydrogens (primary N) is 1. The van der Waals surface area contributed by atoms with Crippen LogP contribution in [0.4, 0.5) is 5.69 Å². The van der Waals surface area contributed by atoms with Crippen LogP contribution in [0.15, 0.2) is 48.5 Å². The van der Waals surface area contributed by atoms with Crippen molar-refractivity contribution in [3.05, 3.63) is 65.2 Å². The first-order valence-electron chi connectivity index (χ1n) is 8.96. The SMILES string of the molecule is CCC(=O)C(N)c1ccccc1Cc1ccc(N2CCOCC2)cc1. The summed E-state index contributed by atoms with van der Waals surface area (Å²) in [5.41, 5.74) is 10.7. The Morgan fingerprint density at radius 3 is 2.48 bits per heavy atom. The zero-order valence-corrected chi connectivity index (χ0v) is 14.8. The molecule has 3 rings (SSSR count). The molecule has 1 saturated heterocycles. The van der Waals surface area contributed by atoms with Crippen molar-refractivity contribution < 1.29 is 9.53 Å². The van der Waals surface area contributed by atoms with E-state index in [-0.39, 0.29) is 5.78 Å². The molecule has 0 radical (unpaired) electrons.